The van der Waals surface area contributed by atoms with Crippen molar-refractivity contribution in [1.29, 1.82) is 0 Å². The SMILES string of the molecule is CC(C)c1cc2c3c(c(C(C)C)cc4c3c1C(=O)NC4=O)C(=O)NC2=O. The van der Waals surface area contributed by atoms with E-state index in [4.69, 9.17) is 0 Å². The Bertz CT molecular complexity index is 978. The van der Waals surface area contributed by atoms with Crippen molar-refractivity contribution in [3.63, 3.8) is 0 Å². The molecular formula is C20H18N2O4. The first-order chi connectivity index (χ1) is 12.2. The van der Waals surface area contributed by atoms with Gasteiger partial charge >= 0.3 is 0 Å². The molecule has 2 heterocycles. The van der Waals surface area contributed by atoms with Crippen LogP contribution in [-0.4, -0.2) is 23.6 Å². The summed E-state index contributed by atoms with van der Waals surface area (Å²) in [6.07, 6.45) is 0. The molecule has 4 rings (SSSR count). The number of nitrogens with one attached hydrogen (secondary N) is 2. The van der Waals surface area contributed by atoms with Crippen LogP contribution >= 0.6 is 0 Å². The number of amides is 4. The monoisotopic (exact) mass is 350 g/mol. The van der Waals surface area contributed by atoms with Crippen molar-refractivity contribution in [2.45, 2.75) is 39.5 Å². The summed E-state index contributed by atoms with van der Waals surface area (Å²) in [5.74, 6) is -2.03. The minimum atomic E-state index is -0.499. The maximum absolute atomic E-state index is 12.6. The van der Waals surface area contributed by atoms with E-state index in [-0.39, 0.29) is 11.8 Å². The molecule has 2 aliphatic heterocycles. The van der Waals surface area contributed by atoms with E-state index in [1.165, 1.54) is 0 Å². The van der Waals surface area contributed by atoms with E-state index in [1.807, 2.05) is 27.7 Å². The van der Waals surface area contributed by atoms with Crippen molar-refractivity contribution in [3.05, 3.63) is 45.5 Å². The Hall–Kier alpha value is -3.02. The molecule has 6 nitrogen and oxygen atoms in total. The van der Waals surface area contributed by atoms with Crippen molar-refractivity contribution in [1.82, 2.24) is 10.6 Å². The molecule has 132 valence electrons. The van der Waals surface area contributed by atoms with Crippen LogP contribution in [0.15, 0.2) is 12.1 Å². The number of carbonyl (C=O) groups is 4. The van der Waals surface area contributed by atoms with Crippen LogP contribution in [0.4, 0.5) is 0 Å². The molecule has 26 heavy (non-hydrogen) atoms. The molecule has 2 aromatic carbocycles. The number of carbonyl (C=O) groups excluding carboxylic acids is 4. The van der Waals surface area contributed by atoms with Crippen LogP contribution in [0, 0.1) is 0 Å². The summed E-state index contributed by atoms with van der Waals surface area (Å²) in [6, 6.07) is 3.35. The van der Waals surface area contributed by atoms with Crippen LogP contribution in [-0.2, 0) is 0 Å². The molecule has 0 atom stereocenters. The molecule has 0 aromatic heterocycles. The summed E-state index contributed by atoms with van der Waals surface area (Å²) < 4.78 is 0. The summed E-state index contributed by atoms with van der Waals surface area (Å²) in [5.41, 5.74) is 2.82. The molecule has 2 aromatic rings. The lowest BCUT2D eigenvalue weighted by Gasteiger charge is -2.28. The second-order valence-corrected chi connectivity index (χ2v) is 7.40. The third kappa shape index (κ3) is 1.98. The first kappa shape index (κ1) is 16.4. The molecule has 0 aliphatic carbocycles. The highest BCUT2D eigenvalue weighted by Gasteiger charge is 2.37. The Morgan fingerprint density at radius 3 is 1.27 bits per heavy atom. The fraction of sp³-hybridized carbons (Fsp3) is 0.300. The van der Waals surface area contributed by atoms with E-state index in [0.29, 0.717) is 44.2 Å². The van der Waals surface area contributed by atoms with Gasteiger partial charge in [-0.3, -0.25) is 29.8 Å². The second kappa shape index (κ2) is 5.24. The third-order valence-corrected chi connectivity index (χ3v) is 5.11. The fourth-order valence-electron chi connectivity index (χ4n) is 3.90. The molecule has 0 saturated heterocycles. The smallest absolute Gasteiger partial charge is 0.259 e. The molecule has 0 radical (unpaired) electrons. The van der Waals surface area contributed by atoms with Crippen LogP contribution in [0.5, 0.6) is 0 Å². The van der Waals surface area contributed by atoms with E-state index in [1.54, 1.807) is 12.1 Å². The zero-order valence-corrected chi connectivity index (χ0v) is 14.9. The largest absolute Gasteiger partial charge is 0.288 e. The van der Waals surface area contributed by atoms with Crippen LogP contribution in [0.1, 0.15) is 92.1 Å². The molecule has 2 aliphatic rings. The van der Waals surface area contributed by atoms with Crippen LogP contribution in [0.25, 0.3) is 10.8 Å². The van der Waals surface area contributed by atoms with Crippen molar-refractivity contribution in [3.8, 4) is 0 Å². The Balaban J connectivity index is 2.33. The second-order valence-electron chi connectivity index (χ2n) is 7.40. The Kier molecular flexibility index (Phi) is 3.31. The number of benzene rings is 2. The van der Waals surface area contributed by atoms with Gasteiger partial charge in [0.15, 0.2) is 0 Å². The van der Waals surface area contributed by atoms with Crippen molar-refractivity contribution in [2.24, 2.45) is 0 Å². The van der Waals surface area contributed by atoms with Crippen molar-refractivity contribution >= 4 is 34.4 Å². The van der Waals surface area contributed by atoms with Gasteiger partial charge in [-0.15, -0.1) is 0 Å². The zero-order valence-electron chi connectivity index (χ0n) is 14.9. The first-order valence-electron chi connectivity index (χ1n) is 8.61. The molecule has 0 fully saturated rings. The van der Waals surface area contributed by atoms with Gasteiger partial charge in [0.25, 0.3) is 23.6 Å². The highest BCUT2D eigenvalue weighted by Crippen LogP contribution is 2.41. The molecule has 4 amide bonds. The summed E-state index contributed by atoms with van der Waals surface area (Å²) >= 11 is 0. The Morgan fingerprint density at radius 1 is 0.615 bits per heavy atom. The quantitative estimate of drug-likeness (QED) is 0.815. The maximum atomic E-state index is 12.6. The Morgan fingerprint density at radius 2 is 0.962 bits per heavy atom. The van der Waals surface area contributed by atoms with Gasteiger partial charge in [-0.05, 0) is 35.1 Å². The normalized spacial score (nSPS) is 15.8. The minimum Gasteiger partial charge on any atom is -0.288 e. The van der Waals surface area contributed by atoms with Crippen LogP contribution < -0.4 is 10.6 Å². The maximum Gasteiger partial charge on any atom is 0.259 e. The van der Waals surface area contributed by atoms with Gasteiger partial charge in [0, 0.05) is 21.9 Å². The number of hydrogen-bond donors (Lipinski definition) is 2. The standard InChI is InChI=1S/C20H18N2O4/c1-7(2)9-5-11-14-13-12(18(24)21-19(25)15(9)13)6-10(8(3)4)16(14)20(26)22-17(11)23/h5-8H,1-4H3,(H,21,24,25)(H,22,23,26). The summed E-state index contributed by atoms with van der Waals surface area (Å²) in [7, 11) is 0. The average Bonchev–Trinajstić information content (AvgIpc) is 2.56. The molecule has 2 N–H and O–H groups in total. The summed E-state index contributed by atoms with van der Waals surface area (Å²) in [6.45, 7) is 7.68. The van der Waals surface area contributed by atoms with Gasteiger partial charge < -0.3 is 0 Å². The van der Waals surface area contributed by atoms with E-state index in [2.05, 4.69) is 10.6 Å². The van der Waals surface area contributed by atoms with Crippen LogP contribution in [0.3, 0.4) is 0 Å². The lowest BCUT2D eigenvalue weighted by molar-refractivity contribution is 0.0822. The minimum absolute atomic E-state index is 0.0314. The number of hydrogen-bond acceptors (Lipinski definition) is 4. The lowest BCUT2D eigenvalue weighted by atomic mass is 9.79. The topological polar surface area (TPSA) is 92.3 Å². The van der Waals surface area contributed by atoms with Gasteiger partial charge in [0.05, 0.1) is 11.1 Å². The van der Waals surface area contributed by atoms with Gasteiger partial charge in [0.1, 0.15) is 0 Å². The van der Waals surface area contributed by atoms with Crippen molar-refractivity contribution in [2.75, 3.05) is 0 Å². The van der Waals surface area contributed by atoms with E-state index in [9.17, 15) is 19.2 Å². The molecule has 0 unspecified atom stereocenters. The van der Waals surface area contributed by atoms with E-state index < -0.39 is 23.6 Å². The fourth-order valence-corrected chi connectivity index (χ4v) is 3.90. The van der Waals surface area contributed by atoms with Gasteiger partial charge in [-0.2, -0.15) is 0 Å². The lowest BCUT2D eigenvalue weighted by Crippen LogP contribution is -2.40. The average molecular weight is 350 g/mol. The Labute approximate surface area is 149 Å². The predicted molar refractivity (Wildman–Crippen MR) is 95.7 cm³/mol. The summed E-state index contributed by atoms with van der Waals surface area (Å²) in [5, 5.41) is 5.62. The third-order valence-electron chi connectivity index (χ3n) is 5.11. The van der Waals surface area contributed by atoms with Crippen molar-refractivity contribution < 1.29 is 19.2 Å². The molecule has 6 heteroatoms. The van der Waals surface area contributed by atoms with Gasteiger partial charge in [-0.25, -0.2) is 0 Å². The first-order valence-corrected chi connectivity index (χ1v) is 8.61. The van der Waals surface area contributed by atoms with Crippen LogP contribution in [0.2, 0.25) is 0 Å². The highest BCUT2D eigenvalue weighted by molar-refractivity contribution is 6.34. The van der Waals surface area contributed by atoms with Gasteiger partial charge in [0.2, 0.25) is 0 Å². The van der Waals surface area contributed by atoms with E-state index in [0.717, 1.165) is 0 Å². The zero-order chi connectivity index (χ0) is 18.9. The molecular weight excluding hydrogens is 332 g/mol. The predicted octanol–water partition coefficient (Wildman–Crippen LogP) is 2.85. The molecule has 0 saturated carbocycles. The van der Waals surface area contributed by atoms with Gasteiger partial charge in [-0.1, -0.05) is 27.7 Å². The number of imide groups is 2. The molecule has 0 bridgehead atoms. The van der Waals surface area contributed by atoms with E-state index >= 15 is 0 Å². The highest BCUT2D eigenvalue weighted by atomic mass is 16.2. The summed E-state index contributed by atoms with van der Waals surface area (Å²) in [4.78, 5) is 50.2. The number of rotatable bonds is 2. The molecule has 0 spiro atoms.